The first kappa shape index (κ1) is 9.32. The predicted molar refractivity (Wildman–Crippen MR) is 50.8 cm³/mol. The second-order valence-corrected chi connectivity index (χ2v) is 3.99. The summed E-state index contributed by atoms with van der Waals surface area (Å²) in [5.74, 6) is 2.25. The zero-order chi connectivity index (χ0) is 8.10. The second kappa shape index (κ2) is 4.98. The van der Waals surface area contributed by atoms with E-state index in [0.717, 1.165) is 19.0 Å². The van der Waals surface area contributed by atoms with E-state index in [9.17, 15) is 0 Å². The van der Waals surface area contributed by atoms with Crippen LogP contribution < -0.4 is 16.4 Å². The predicted octanol–water partition coefficient (Wildman–Crippen LogP) is -0.414. The number of nitrogens with one attached hydrogen (secondary N) is 2. The van der Waals surface area contributed by atoms with Crippen molar-refractivity contribution in [2.24, 2.45) is 5.73 Å². The Morgan fingerprint density at radius 3 is 2.91 bits per heavy atom. The van der Waals surface area contributed by atoms with Crippen LogP contribution in [-0.4, -0.2) is 36.8 Å². The standard InChI is InChI=1S/C7H17N3S/c1-6-7(10-5-9-6)4-11-3-2-8/h6-7,9-10H,2-5,8H2,1H3. The average molecular weight is 175 g/mol. The zero-order valence-electron chi connectivity index (χ0n) is 6.97. The highest BCUT2D eigenvalue weighted by Gasteiger charge is 2.20. The molecule has 1 aliphatic rings. The molecule has 1 rings (SSSR count). The first-order valence-electron chi connectivity index (χ1n) is 4.09. The molecular weight excluding hydrogens is 158 g/mol. The molecule has 0 aromatic carbocycles. The molecule has 4 N–H and O–H groups in total. The molecule has 0 spiro atoms. The monoisotopic (exact) mass is 175 g/mol. The van der Waals surface area contributed by atoms with Crippen molar-refractivity contribution in [3.8, 4) is 0 Å². The van der Waals surface area contributed by atoms with Crippen LogP contribution in [0.1, 0.15) is 6.92 Å². The van der Waals surface area contributed by atoms with Gasteiger partial charge in [-0.15, -0.1) is 0 Å². The van der Waals surface area contributed by atoms with E-state index >= 15 is 0 Å². The van der Waals surface area contributed by atoms with Crippen LogP contribution in [0.15, 0.2) is 0 Å². The summed E-state index contributed by atoms with van der Waals surface area (Å²) in [7, 11) is 0. The molecule has 1 fully saturated rings. The summed E-state index contributed by atoms with van der Waals surface area (Å²) in [6.07, 6.45) is 0. The summed E-state index contributed by atoms with van der Waals surface area (Å²) in [4.78, 5) is 0. The van der Waals surface area contributed by atoms with Gasteiger partial charge in [0, 0.05) is 36.8 Å². The lowest BCUT2D eigenvalue weighted by Gasteiger charge is -2.13. The first-order chi connectivity index (χ1) is 5.34. The minimum absolute atomic E-state index is 0.611. The number of thioether (sulfide) groups is 1. The van der Waals surface area contributed by atoms with E-state index < -0.39 is 0 Å². The lowest BCUT2D eigenvalue weighted by Crippen LogP contribution is -2.33. The van der Waals surface area contributed by atoms with Gasteiger partial charge < -0.3 is 11.1 Å². The maximum atomic E-state index is 5.39. The smallest absolute Gasteiger partial charge is 0.0459 e. The van der Waals surface area contributed by atoms with Gasteiger partial charge in [0.05, 0.1) is 0 Å². The molecule has 0 bridgehead atoms. The Bertz CT molecular complexity index is 110. The van der Waals surface area contributed by atoms with Gasteiger partial charge in [0.15, 0.2) is 0 Å². The van der Waals surface area contributed by atoms with Crippen LogP contribution in [0.2, 0.25) is 0 Å². The Hall–Kier alpha value is 0.230. The van der Waals surface area contributed by atoms with Gasteiger partial charge in [-0.05, 0) is 6.92 Å². The van der Waals surface area contributed by atoms with E-state index in [0.29, 0.717) is 12.1 Å². The summed E-state index contributed by atoms with van der Waals surface area (Å²) in [6.45, 7) is 3.96. The third-order valence-electron chi connectivity index (χ3n) is 1.95. The van der Waals surface area contributed by atoms with Gasteiger partial charge in [0.1, 0.15) is 0 Å². The molecule has 0 amide bonds. The van der Waals surface area contributed by atoms with Crippen LogP contribution in [0.3, 0.4) is 0 Å². The average Bonchev–Trinajstić information content (AvgIpc) is 2.37. The molecule has 0 aliphatic carbocycles. The van der Waals surface area contributed by atoms with E-state index in [-0.39, 0.29) is 0 Å². The van der Waals surface area contributed by atoms with Crippen LogP contribution in [-0.2, 0) is 0 Å². The van der Waals surface area contributed by atoms with Crippen molar-refractivity contribution in [3.63, 3.8) is 0 Å². The molecule has 0 aromatic heterocycles. The van der Waals surface area contributed by atoms with Crippen LogP contribution >= 0.6 is 11.8 Å². The molecule has 66 valence electrons. The molecular formula is C7H17N3S. The van der Waals surface area contributed by atoms with Crippen molar-refractivity contribution in [1.82, 2.24) is 10.6 Å². The summed E-state index contributed by atoms with van der Waals surface area (Å²) in [5.41, 5.74) is 5.39. The third kappa shape index (κ3) is 2.99. The minimum Gasteiger partial charge on any atom is -0.330 e. The highest BCUT2D eigenvalue weighted by Crippen LogP contribution is 2.07. The van der Waals surface area contributed by atoms with E-state index in [2.05, 4.69) is 17.6 Å². The van der Waals surface area contributed by atoms with Gasteiger partial charge in [0.25, 0.3) is 0 Å². The largest absolute Gasteiger partial charge is 0.330 e. The number of nitrogens with two attached hydrogens (primary N) is 1. The minimum atomic E-state index is 0.611. The molecule has 1 aliphatic heterocycles. The second-order valence-electron chi connectivity index (χ2n) is 2.84. The van der Waals surface area contributed by atoms with E-state index in [1.54, 1.807) is 0 Å². The van der Waals surface area contributed by atoms with E-state index in [1.807, 2.05) is 11.8 Å². The van der Waals surface area contributed by atoms with Crippen LogP contribution in [0, 0.1) is 0 Å². The lowest BCUT2D eigenvalue weighted by molar-refractivity contribution is 0.590. The Labute approximate surface area is 72.5 Å². The number of hydrogen-bond acceptors (Lipinski definition) is 4. The first-order valence-corrected chi connectivity index (χ1v) is 5.24. The van der Waals surface area contributed by atoms with Gasteiger partial charge in [-0.25, -0.2) is 0 Å². The maximum absolute atomic E-state index is 5.39. The quantitative estimate of drug-likeness (QED) is 0.508. The summed E-state index contributed by atoms with van der Waals surface area (Å²) >= 11 is 1.93. The molecule has 0 saturated carbocycles. The molecule has 1 saturated heterocycles. The van der Waals surface area contributed by atoms with Crippen LogP contribution in [0.25, 0.3) is 0 Å². The van der Waals surface area contributed by atoms with Crippen molar-refractivity contribution >= 4 is 11.8 Å². The van der Waals surface area contributed by atoms with Crippen molar-refractivity contribution in [2.45, 2.75) is 19.0 Å². The maximum Gasteiger partial charge on any atom is 0.0459 e. The molecule has 0 radical (unpaired) electrons. The molecule has 0 aromatic rings. The highest BCUT2D eigenvalue weighted by molar-refractivity contribution is 7.99. The van der Waals surface area contributed by atoms with E-state index in [4.69, 9.17) is 5.73 Å². The molecule has 2 atom stereocenters. The fraction of sp³-hybridized carbons (Fsp3) is 1.00. The number of hydrogen-bond donors (Lipinski definition) is 3. The SMILES string of the molecule is CC1NCNC1CSCCN. The van der Waals surface area contributed by atoms with Crippen molar-refractivity contribution in [2.75, 3.05) is 24.7 Å². The third-order valence-corrected chi connectivity index (χ3v) is 3.07. The normalized spacial score (nSPS) is 31.1. The zero-order valence-corrected chi connectivity index (χ0v) is 7.79. The Morgan fingerprint density at radius 2 is 2.36 bits per heavy atom. The summed E-state index contributed by atoms with van der Waals surface area (Å²) in [5, 5.41) is 6.73. The Morgan fingerprint density at radius 1 is 1.55 bits per heavy atom. The van der Waals surface area contributed by atoms with Gasteiger partial charge in [0.2, 0.25) is 0 Å². The molecule has 3 nitrogen and oxygen atoms in total. The topological polar surface area (TPSA) is 50.1 Å². The molecule has 4 heteroatoms. The summed E-state index contributed by atoms with van der Waals surface area (Å²) in [6, 6.07) is 1.24. The summed E-state index contributed by atoms with van der Waals surface area (Å²) < 4.78 is 0. The Kier molecular flexibility index (Phi) is 4.22. The van der Waals surface area contributed by atoms with Gasteiger partial charge in [-0.2, -0.15) is 11.8 Å². The highest BCUT2D eigenvalue weighted by atomic mass is 32.2. The Balaban J connectivity index is 2.05. The van der Waals surface area contributed by atoms with Gasteiger partial charge in [-0.1, -0.05) is 0 Å². The van der Waals surface area contributed by atoms with Crippen molar-refractivity contribution in [3.05, 3.63) is 0 Å². The van der Waals surface area contributed by atoms with Gasteiger partial charge in [-0.3, -0.25) is 5.32 Å². The van der Waals surface area contributed by atoms with Crippen molar-refractivity contribution < 1.29 is 0 Å². The molecule has 1 heterocycles. The fourth-order valence-electron chi connectivity index (χ4n) is 1.17. The molecule has 2 unspecified atom stereocenters. The van der Waals surface area contributed by atoms with Crippen molar-refractivity contribution in [1.29, 1.82) is 0 Å². The number of rotatable bonds is 4. The van der Waals surface area contributed by atoms with Crippen LogP contribution in [0.5, 0.6) is 0 Å². The molecule has 11 heavy (non-hydrogen) atoms. The van der Waals surface area contributed by atoms with Gasteiger partial charge >= 0.3 is 0 Å². The fourth-order valence-corrected chi connectivity index (χ4v) is 2.16. The lowest BCUT2D eigenvalue weighted by atomic mass is 10.2. The van der Waals surface area contributed by atoms with Crippen LogP contribution in [0.4, 0.5) is 0 Å². The van der Waals surface area contributed by atoms with E-state index in [1.165, 1.54) is 5.75 Å².